The van der Waals surface area contributed by atoms with Crippen molar-refractivity contribution in [1.82, 2.24) is 5.32 Å². The van der Waals surface area contributed by atoms with E-state index in [-0.39, 0.29) is 17.2 Å². The van der Waals surface area contributed by atoms with Gasteiger partial charge >= 0.3 is 0 Å². The van der Waals surface area contributed by atoms with Gasteiger partial charge in [-0.05, 0) is 24.1 Å². The number of hydrogen-bond donors (Lipinski definition) is 1. The molecule has 0 radical (unpaired) electrons. The summed E-state index contributed by atoms with van der Waals surface area (Å²) in [6.45, 7) is 2.00. The van der Waals surface area contributed by atoms with Gasteiger partial charge < -0.3 is 0 Å². The van der Waals surface area contributed by atoms with Gasteiger partial charge in [-0.1, -0.05) is 30.7 Å². The number of carbonyl (C=O) groups excluding carboxylic acids is 2. The molecule has 0 unspecified atom stereocenters. The summed E-state index contributed by atoms with van der Waals surface area (Å²) >= 11 is 5.85. The molecule has 1 N–H and O–H groups in total. The van der Waals surface area contributed by atoms with E-state index in [2.05, 4.69) is 5.32 Å². The van der Waals surface area contributed by atoms with Crippen molar-refractivity contribution in [2.24, 2.45) is 0 Å². The molecular formula is C13H14ClNO2. The van der Waals surface area contributed by atoms with E-state index in [0.29, 0.717) is 17.9 Å². The van der Waals surface area contributed by atoms with Gasteiger partial charge in [0.05, 0.1) is 0 Å². The fourth-order valence-electron chi connectivity index (χ4n) is 2.38. The molecule has 0 atom stereocenters. The van der Waals surface area contributed by atoms with Gasteiger partial charge in [-0.3, -0.25) is 14.9 Å². The number of imide groups is 1. The molecule has 1 saturated heterocycles. The third kappa shape index (κ3) is 2.34. The van der Waals surface area contributed by atoms with E-state index in [1.165, 1.54) is 0 Å². The SMILES string of the molecule is CCC1(c2ccc(Cl)cc2)CC(=O)NC(=O)C1. The van der Waals surface area contributed by atoms with Gasteiger partial charge in [0.15, 0.2) is 0 Å². The van der Waals surface area contributed by atoms with E-state index < -0.39 is 0 Å². The van der Waals surface area contributed by atoms with Crippen LogP contribution in [-0.2, 0) is 15.0 Å². The van der Waals surface area contributed by atoms with Crippen molar-refractivity contribution in [2.75, 3.05) is 0 Å². The fraction of sp³-hybridized carbons (Fsp3) is 0.385. The lowest BCUT2D eigenvalue weighted by atomic mass is 9.71. The minimum absolute atomic E-state index is 0.196. The lowest BCUT2D eigenvalue weighted by molar-refractivity contribution is -0.135. The summed E-state index contributed by atoms with van der Waals surface area (Å²) in [4.78, 5) is 23.1. The smallest absolute Gasteiger partial charge is 0.227 e. The summed E-state index contributed by atoms with van der Waals surface area (Å²) in [6, 6.07) is 7.39. The van der Waals surface area contributed by atoms with E-state index >= 15 is 0 Å². The van der Waals surface area contributed by atoms with Crippen LogP contribution in [-0.4, -0.2) is 11.8 Å². The predicted octanol–water partition coefficient (Wildman–Crippen LogP) is 2.42. The molecule has 90 valence electrons. The fourth-order valence-corrected chi connectivity index (χ4v) is 2.51. The molecule has 1 aromatic rings. The lowest BCUT2D eigenvalue weighted by Crippen LogP contribution is -2.46. The van der Waals surface area contributed by atoms with Crippen molar-refractivity contribution in [3.05, 3.63) is 34.9 Å². The molecule has 1 aliphatic rings. The topological polar surface area (TPSA) is 46.2 Å². The Kier molecular flexibility index (Phi) is 3.20. The van der Waals surface area contributed by atoms with Crippen molar-refractivity contribution in [3.8, 4) is 0 Å². The first-order valence-corrected chi connectivity index (χ1v) is 6.02. The second-order valence-electron chi connectivity index (χ2n) is 4.47. The highest BCUT2D eigenvalue weighted by Gasteiger charge is 2.39. The Balaban J connectivity index is 2.39. The van der Waals surface area contributed by atoms with Crippen molar-refractivity contribution in [2.45, 2.75) is 31.6 Å². The number of piperidine rings is 1. The van der Waals surface area contributed by atoms with E-state index in [1.807, 2.05) is 19.1 Å². The van der Waals surface area contributed by atoms with Gasteiger partial charge in [0.25, 0.3) is 0 Å². The van der Waals surface area contributed by atoms with Crippen LogP contribution in [0, 0.1) is 0 Å². The molecular weight excluding hydrogens is 238 g/mol. The van der Waals surface area contributed by atoms with Crippen molar-refractivity contribution < 1.29 is 9.59 Å². The Bertz CT molecular complexity index is 437. The number of hydrogen-bond acceptors (Lipinski definition) is 2. The Labute approximate surface area is 105 Å². The zero-order valence-electron chi connectivity index (χ0n) is 9.63. The van der Waals surface area contributed by atoms with Gasteiger partial charge in [0.1, 0.15) is 0 Å². The van der Waals surface area contributed by atoms with Gasteiger partial charge in [-0.25, -0.2) is 0 Å². The van der Waals surface area contributed by atoms with Crippen LogP contribution in [0.15, 0.2) is 24.3 Å². The first-order valence-electron chi connectivity index (χ1n) is 5.64. The molecule has 0 aromatic heterocycles. The van der Waals surface area contributed by atoms with Crippen LogP contribution in [0.4, 0.5) is 0 Å². The number of nitrogens with one attached hydrogen (secondary N) is 1. The average Bonchev–Trinajstić information content (AvgIpc) is 2.28. The molecule has 1 heterocycles. The highest BCUT2D eigenvalue weighted by Crippen LogP contribution is 2.37. The van der Waals surface area contributed by atoms with Gasteiger partial charge in [0, 0.05) is 23.3 Å². The quantitative estimate of drug-likeness (QED) is 0.821. The van der Waals surface area contributed by atoms with Crippen LogP contribution >= 0.6 is 11.6 Å². The van der Waals surface area contributed by atoms with E-state index in [4.69, 9.17) is 11.6 Å². The maximum atomic E-state index is 11.5. The minimum atomic E-state index is -0.371. The summed E-state index contributed by atoms with van der Waals surface area (Å²) in [6.07, 6.45) is 1.47. The Morgan fingerprint density at radius 2 is 1.71 bits per heavy atom. The van der Waals surface area contributed by atoms with Gasteiger partial charge in [-0.15, -0.1) is 0 Å². The Hall–Kier alpha value is -1.35. The second kappa shape index (κ2) is 4.49. The number of halogens is 1. The Morgan fingerprint density at radius 1 is 1.18 bits per heavy atom. The van der Waals surface area contributed by atoms with Crippen LogP contribution in [0.2, 0.25) is 5.02 Å². The Morgan fingerprint density at radius 3 is 2.18 bits per heavy atom. The summed E-state index contributed by atoms with van der Waals surface area (Å²) in [7, 11) is 0. The highest BCUT2D eigenvalue weighted by atomic mass is 35.5. The molecule has 1 aliphatic heterocycles. The molecule has 2 amide bonds. The van der Waals surface area contributed by atoms with Crippen molar-refractivity contribution in [1.29, 1.82) is 0 Å². The molecule has 2 rings (SSSR count). The second-order valence-corrected chi connectivity index (χ2v) is 4.90. The maximum Gasteiger partial charge on any atom is 0.227 e. The van der Waals surface area contributed by atoms with Crippen molar-refractivity contribution in [3.63, 3.8) is 0 Å². The third-order valence-corrected chi connectivity index (χ3v) is 3.66. The van der Waals surface area contributed by atoms with Crippen LogP contribution in [0.3, 0.4) is 0 Å². The summed E-state index contributed by atoms with van der Waals surface area (Å²) < 4.78 is 0. The molecule has 4 heteroatoms. The summed E-state index contributed by atoms with van der Waals surface area (Å²) in [5.74, 6) is -0.392. The van der Waals surface area contributed by atoms with Crippen LogP contribution < -0.4 is 5.32 Å². The highest BCUT2D eigenvalue weighted by molar-refractivity contribution is 6.30. The molecule has 17 heavy (non-hydrogen) atoms. The molecule has 0 aliphatic carbocycles. The number of amides is 2. The predicted molar refractivity (Wildman–Crippen MR) is 65.8 cm³/mol. The monoisotopic (exact) mass is 251 g/mol. The van der Waals surface area contributed by atoms with Crippen LogP contribution in [0.5, 0.6) is 0 Å². The molecule has 1 fully saturated rings. The maximum absolute atomic E-state index is 11.5. The van der Waals surface area contributed by atoms with E-state index in [0.717, 1.165) is 12.0 Å². The van der Waals surface area contributed by atoms with Gasteiger partial charge in [-0.2, -0.15) is 0 Å². The number of carbonyl (C=O) groups is 2. The molecule has 0 spiro atoms. The molecule has 0 bridgehead atoms. The standard InChI is InChI=1S/C13H14ClNO2/c1-2-13(7-11(16)15-12(17)8-13)9-3-5-10(14)6-4-9/h3-6H,2,7-8H2,1H3,(H,15,16,17). The summed E-state index contributed by atoms with van der Waals surface area (Å²) in [5, 5.41) is 3.00. The lowest BCUT2D eigenvalue weighted by Gasteiger charge is -2.35. The molecule has 1 aromatic carbocycles. The third-order valence-electron chi connectivity index (χ3n) is 3.41. The number of rotatable bonds is 2. The zero-order chi connectivity index (χ0) is 12.5. The first-order chi connectivity index (χ1) is 8.05. The average molecular weight is 252 g/mol. The molecule has 3 nitrogen and oxygen atoms in total. The van der Waals surface area contributed by atoms with Crippen LogP contribution in [0.25, 0.3) is 0 Å². The van der Waals surface area contributed by atoms with Gasteiger partial charge in [0.2, 0.25) is 11.8 Å². The number of benzene rings is 1. The summed E-state index contributed by atoms with van der Waals surface area (Å²) in [5.41, 5.74) is 0.636. The first kappa shape index (κ1) is 12.1. The van der Waals surface area contributed by atoms with E-state index in [9.17, 15) is 9.59 Å². The molecule has 0 saturated carbocycles. The van der Waals surface area contributed by atoms with E-state index in [1.54, 1.807) is 12.1 Å². The normalized spacial score (nSPS) is 18.9. The largest absolute Gasteiger partial charge is 0.296 e. The van der Waals surface area contributed by atoms with Crippen molar-refractivity contribution >= 4 is 23.4 Å². The minimum Gasteiger partial charge on any atom is -0.296 e. The van der Waals surface area contributed by atoms with Crippen LogP contribution in [0.1, 0.15) is 31.7 Å². The zero-order valence-corrected chi connectivity index (χ0v) is 10.4.